The molecule has 0 amide bonds. The molecule has 30 heavy (non-hydrogen) atoms. The highest BCUT2D eigenvalue weighted by Gasteiger charge is 2.17. The van der Waals surface area contributed by atoms with Gasteiger partial charge in [-0.3, -0.25) is 0 Å². The number of piperidine rings is 1. The third kappa shape index (κ3) is 3.65. The fourth-order valence-electron chi connectivity index (χ4n) is 4.46. The minimum absolute atomic E-state index is 0.829. The van der Waals surface area contributed by atoms with E-state index in [0.29, 0.717) is 0 Å². The van der Waals surface area contributed by atoms with E-state index in [1.165, 1.54) is 52.6 Å². The van der Waals surface area contributed by atoms with Crippen LogP contribution >= 0.6 is 0 Å². The first kappa shape index (κ1) is 18.7. The Hall–Kier alpha value is -3.27. The van der Waals surface area contributed by atoms with Crippen molar-refractivity contribution in [2.75, 3.05) is 18.0 Å². The van der Waals surface area contributed by atoms with E-state index in [2.05, 4.69) is 88.2 Å². The number of pyridine rings is 1. The second-order valence-electron chi connectivity index (χ2n) is 8.36. The van der Waals surface area contributed by atoms with Crippen molar-refractivity contribution in [3.63, 3.8) is 0 Å². The van der Waals surface area contributed by atoms with Crippen molar-refractivity contribution in [2.45, 2.75) is 32.7 Å². The summed E-state index contributed by atoms with van der Waals surface area (Å²) in [6, 6.07) is 10.9. The highest BCUT2D eigenvalue weighted by atomic mass is 15.1. The van der Waals surface area contributed by atoms with Crippen molar-refractivity contribution < 1.29 is 0 Å². The van der Waals surface area contributed by atoms with Gasteiger partial charge in [0.25, 0.3) is 0 Å². The molecule has 0 bridgehead atoms. The minimum Gasteiger partial charge on any atom is -0.370 e. The van der Waals surface area contributed by atoms with Crippen LogP contribution in [0, 0.1) is 6.92 Å². The topological polar surface area (TPSA) is 35.2 Å². The maximum Gasteiger partial charge on any atom is 0.138 e. The summed E-state index contributed by atoms with van der Waals surface area (Å²) in [7, 11) is 0. The van der Waals surface area contributed by atoms with Gasteiger partial charge in [0.2, 0.25) is 0 Å². The van der Waals surface area contributed by atoms with Crippen LogP contribution in [0.3, 0.4) is 0 Å². The first-order chi connectivity index (χ1) is 14.7. The summed E-state index contributed by atoms with van der Waals surface area (Å²) >= 11 is 0. The first-order valence-corrected chi connectivity index (χ1v) is 10.8. The van der Waals surface area contributed by atoms with Crippen LogP contribution in [0.15, 0.2) is 73.4 Å². The lowest BCUT2D eigenvalue weighted by Gasteiger charge is -2.28. The number of hydrogen-bond donors (Lipinski definition) is 1. The molecule has 5 rings (SSSR count). The number of H-pyrrole nitrogens is 1. The first-order valence-electron chi connectivity index (χ1n) is 10.8. The Morgan fingerprint density at radius 3 is 2.80 bits per heavy atom. The van der Waals surface area contributed by atoms with Gasteiger partial charge < -0.3 is 14.8 Å². The van der Waals surface area contributed by atoms with Crippen molar-refractivity contribution in [1.29, 1.82) is 0 Å². The Kier molecular flexibility index (Phi) is 4.91. The van der Waals surface area contributed by atoms with Crippen LogP contribution in [0.2, 0.25) is 0 Å². The molecule has 2 aromatic heterocycles. The number of aromatic amines is 1. The Balaban J connectivity index is 1.40. The Morgan fingerprint density at radius 2 is 2.00 bits per heavy atom. The number of aryl methyl sites for hydroxylation is 1. The molecule has 4 heterocycles. The SMILES string of the molecule is C=C1C=C(c2c[nH]c3ncc(N4CCCCC4)cc23)C=CN1Cc1cccc(C)c1. The molecular formula is C26H28N4. The molecule has 3 aromatic rings. The zero-order valence-electron chi connectivity index (χ0n) is 17.6. The Bertz CT molecular complexity index is 1140. The van der Waals surface area contributed by atoms with Crippen LogP contribution in [0.1, 0.15) is 36.0 Å². The standard InChI is InChI=1S/C26H28N4/c1-19-7-6-8-21(13-19)18-30-12-9-22(14-20(30)2)25-17-28-26-24(25)15-23(16-27-26)29-10-4-3-5-11-29/h6-9,12-17H,2-5,10-11,18H2,1H3,(H,27,28). The summed E-state index contributed by atoms with van der Waals surface area (Å²) in [6.07, 6.45) is 14.4. The average molecular weight is 397 g/mol. The lowest BCUT2D eigenvalue weighted by molar-refractivity contribution is 0.472. The Morgan fingerprint density at radius 1 is 1.13 bits per heavy atom. The maximum absolute atomic E-state index is 4.69. The number of nitrogens with one attached hydrogen (secondary N) is 1. The lowest BCUT2D eigenvalue weighted by Crippen LogP contribution is -2.29. The molecule has 1 aromatic carbocycles. The van der Waals surface area contributed by atoms with Crippen molar-refractivity contribution in [1.82, 2.24) is 14.9 Å². The minimum atomic E-state index is 0.829. The van der Waals surface area contributed by atoms with Crippen LogP contribution < -0.4 is 4.90 Å². The van der Waals surface area contributed by atoms with Gasteiger partial charge in [-0.2, -0.15) is 0 Å². The number of aromatic nitrogens is 2. The summed E-state index contributed by atoms with van der Waals surface area (Å²) in [5.41, 5.74) is 8.10. The van der Waals surface area contributed by atoms with Crippen LogP contribution in [0.25, 0.3) is 16.6 Å². The van der Waals surface area contributed by atoms with Gasteiger partial charge in [0.1, 0.15) is 5.65 Å². The van der Waals surface area contributed by atoms with E-state index in [4.69, 9.17) is 0 Å². The second kappa shape index (κ2) is 7.86. The molecule has 0 radical (unpaired) electrons. The van der Waals surface area contributed by atoms with E-state index in [1.807, 2.05) is 6.20 Å². The van der Waals surface area contributed by atoms with Gasteiger partial charge in [-0.25, -0.2) is 4.98 Å². The summed E-state index contributed by atoms with van der Waals surface area (Å²) < 4.78 is 0. The van der Waals surface area contributed by atoms with Crippen molar-refractivity contribution >= 4 is 22.3 Å². The fourth-order valence-corrected chi connectivity index (χ4v) is 4.46. The Labute approximate surface area is 178 Å². The van der Waals surface area contributed by atoms with Crippen LogP contribution in [0.4, 0.5) is 5.69 Å². The van der Waals surface area contributed by atoms with Gasteiger partial charge in [0.05, 0.1) is 11.9 Å². The number of benzene rings is 1. The highest BCUT2D eigenvalue weighted by Crippen LogP contribution is 2.32. The number of anilines is 1. The third-order valence-electron chi connectivity index (χ3n) is 6.11. The quantitative estimate of drug-likeness (QED) is 0.606. The molecule has 152 valence electrons. The number of fused-ring (bicyclic) bond motifs is 1. The molecule has 2 aliphatic rings. The summed E-state index contributed by atoms with van der Waals surface area (Å²) in [5.74, 6) is 0. The van der Waals surface area contributed by atoms with E-state index in [9.17, 15) is 0 Å². The van der Waals surface area contributed by atoms with Crippen molar-refractivity contribution in [3.8, 4) is 0 Å². The molecule has 0 saturated carbocycles. The molecule has 4 heteroatoms. The monoisotopic (exact) mass is 396 g/mol. The average Bonchev–Trinajstić information content (AvgIpc) is 3.19. The molecule has 0 unspecified atom stereocenters. The zero-order valence-corrected chi connectivity index (χ0v) is 17.6. The van der Waals surface area contributed by atoms with Crippen molar-refractivity contribution in [3.05, 3.63) is 90.0 Å². The van der Waals surface area contributed by atoms with E-state index >= 15 is 0 Å². The highest BCUT2D eigenvalue weighted by molar-refractivity contribution is 5.95. The zero-order chi connectivity index (χ0) is 20.5. The van der Waals surface area contributed by atoms with Crippen LogP contribution in [-0.4, -0.2) is 28.0 Å². The molecule has 0 aliphatic carbocycles. The molecule has 2 aliphatic heterocycles. The fraction of sp³-hybridized carbons (Fsp3) is 0.269. The number of allylic oxidation sites excluding steroid dienone is 3. The van der Waals surface area contributed by atoms with Gasteiger partial charge in [0.15, 0.2) is 0 Å². The molecule has 0 atom stereocenters. The maximum atomic E-state index is 4.69. The third-order valence-corrected chi connectivity index (χ3v) is 6.11. The van der Waals surface area contributed by atoms with Gasteiger partial charge in [-0.15, -0.1) is 0 Å². The van der Waals surface area contributed by atoms with E-state index in [-0.39, 0.29) is 0 Å². The lowest BCUT2D eigenvalue weighted by atomic mass is 10.0. The van der Waals surface area contributed by atoms with Gasteiger partial charge in [-0.05, 0) is 55.5 Å². The van der Waals surface area contributed by atoms with E-state index in [1.54, 1.807) is 0 Å². The molecule has 4 nitrogen and oxygen atoms in total. The molecule has 1 fully saturated rings. The number of rotatable bonds is 4. The summed E-state index contributed by atoms with van der Waals surface area (Å²) in [4.78, 5) is 12.7. The van der Waals surface area contributed by atoms with Gasteiger partial charge >= 0.3 is 0 Å². The van der Waals surface area contributed by atoms with Gasteiger partial charge in [-0.1, -0.05) is 36.4 Å². The number of hydrogen-bond acceptors (Lipinski definition) is 3. The van der Waals surface area contributed by atoms with Crippen LogP contribution in [-0.2, 0) is 6.54 Å². The van der Waals surface area contributed by atoms with E-state index in [0.717, 1.165) is 31.0 Å². The predicted molar refractivity (Wildman–Crippen MR) is 125 cm³/mol. The largest absolute Gasteiger partial charge is 0.370 e. The molecule has 1 saturated heterocycles. The molecular weight excluding hydrogens is 368 g/mol. The van der Waals surface area contributed by atoms with Crippen LogP contribution in [0.5, 0.6) is 0 Å². The number of nitrogens with zero attached hydrogens (tertiary/aromatic N) is 3. The summed E-state index contributed by atoms with van der Waals surface area (Å²) in [5, 5.41) is 1.17. The predicted octanol–water partition coefficient (Wildman–Crippen LogP) is 5.79. The van der Waals surface area contributed by atoms with Crippen molar-refractivity contribution in [2.24, 2.45) is 0 Å². The second-order valence-corrected chi connectivity index (χ2v) is 8.36. The smallest absolute Gasteiger partial charge is 0.138 e. The van der Waals surface area contributed by atoms with E-state index < -0.39 is 0 Å². The normalized spacial score (nSPS) is 17.0. The molecule has 0 spiro atoms. The summed E-state index contributed by atoms with van der Waals surface area (Å²) in [6.45, 7) is 9.52. The van der Waals surface area contributed by atoms with Gasteiger partial charge in [0, 0.05) is 48.7 Å². The molecule has 1 N–H and O–H groups in total.